The van der Waals surface area contributed by atoms with E-state index in [0.29, 0.717) is 6.04 Å². The molecule has 0 atom stereocenters. The van der Waals surface area contributed by atoms with Crippen molar-refractivity contribution < 1.29 is 0 Å². The van der Waals surface area contributed by atoms with Crippen LogP contribution in [0.1, 0.15) is 37.0 Å². The number of halogens is 1. The van der Waals surface area contributed by atoms with Crippen molar-refractivity contribution in [3.8, 4) is 0 Å². The van der Waals surface area contributed by atoms with Crippen molar-refractivity contribution >= 4 is 18.1 Å². The second kappa shape index (κ2) is 6.57. The Labute approximate surface area is 120 Å². The highest BCUT2D eigenvalue weighted by Crippen LogP contribution is 2.22. The van der Waals surface area contributed by atoms with Crippen molar-refractivity contribution in [2.45, 2.75) is 40.3 Å². The van der Waals surface area contributed by atoms with E-state index in [4.69, 9.17) is 0 Å². The van der Waals surface area contributed by atoms with Gasteiger partial charge in [0.15, 0.2) is 0 Å². The maximum atomic E-state index is 4.56. The average Bonchev–Trinajstić information content (AvgIpc) is 2.64. The first-order valence-corrected chi connectivity index (χ1v) is 6.29. The summed E-state index contributed by atoms with van der Waals surface area (Å²) in [6.07, 6.45) is 1.81. The summed E-state index contributed by atoms with van der Waals surface area (Å²) in [5.74, 6) is 0. The molecule has 4 nitrogen and oxygen atoms in total. The van der Waals surface area contributed by atoms with Crippen LogP contribution < -0.4 is 5.32 Å². The summed E-state index contributed by atoms with van der Waals surface area (Å²) >= 11 is 0. The van der Waals surface area contributed by atoms with E-state index in [1.807, 2.05) is 31.3 Å². The van der Waals surface area contributed by atoms with E-state index in [1.54, 1.807) is 0 Å². The molecule has 0 amide bonds. The minimum absolute atomic E-state index is 0. The number of pyridine rings is 1. The number of aryl methyl sites for hydroxylation is 1. The summed E-state index contributed by atoms with van der Waals surface area (Å²) in [5, 5.41) is 7.98. The van der Waals surface area contributed by atoms with E-state index in [1.165, 1.54) is 5.69 Å². The molecular formula is C14H21ClN4. The van der Waals surface area contributed by atoms with Crippen LogP contribution in [0, 0.1) is 13.8 Å². The van der Waals surface area contributed by atoms with Gasteiger partial charge in [0.25, 0.3) is 0 Å². The maximum Gasteiger partial charge on any atom is 0.0828 e. The van der Waals surface area contributed by atoms with Crippen LogP contribution in [0.5, 0.6) is 0 Å². The van der Waals surface area contributed by atoms with Crippen molar-refractivity contribution in [1.29, 1.82) is 0 Å². The number of nitrogens with one attached hydrogen (secondary N) is 1. The quantitative estimate of drug-likeness (QED) is 0.932. The van der Waals surface area contributed by atoms with E-state index in [2.05, 4.69) is 40.9 Å². The smallest absolute Gasteiger partial charge is 0.0828 e. The minimum atomic E-state index is 0. The van der Waals surface area contributed by atoms with Gasteiger partial charge in [-0.3, -0.25) is 9.67 Å². The number of aromatic nitrogens is 3. The van der Waals surface area contributed by atoms with Gasteiger partial charge in [0.1, 0.15) is 0 Å². The largest absolute Gasteiger partial charge is 0.376 e. The molecule has 0 aromatic carbocycles. The molecule has 5 heteroatoms. The van der Waals surface area contributed by atoms with Crippen molar-refractivity contribution in [1.82, 2.24) is 14.8 Å². The molecule has 0 aliphatic rings. The Morgan fingerprint density at radius 3 is 2.53 bits per heavy atom. The van der Waals surface area contributed by atoms with Gasteiger partial charge in [0, 0.05) is 12.2 Å². The molecule has 0 bridgehead atoms. The van der Waals surface area contributed by atoms with Crippen LogP contribution in [0.4, 0.5) is 5.69 Å². The van der Waals surface area contributed by atoms with Crippen LogP contribution >= 0.6 is 12.4 Å². The SMILES string of the molecule is Cc1nn(C(C)C)c(C)c1NCc1ccccn1.Cl. The van der Waals surface area contributed by atoms with Gasteiger partial charge in [-0.25, -0.2) is 0 Å². The molecule has 0 saturated heterocycles. The molecule has 0 unspecified atom stereocenters. The Hall–Kier alpha value is -1.55. The third-order valence-electron chi connectivity index (χ3n) is 2.99. The Morgan fingerprint density at radius 1 is 1.26 bits per heavy atom. The second-order valence-corrected chi connectivity index (χ2v) is 4.76. The van der Waals surface area contributed by atoms with Gasteiger partial charge in [-0.1, -0.05) is 6.07 Å². The lowest BCUT2D eigenvalue weighted by Crippen LogP contribution is -2.06. The van der Waals surface area contributed by atoms with Gasteiger partial charge < -0.3 is 5.32 Å². The van der Waals surface area contributed by atoms with E-state index in [0.717, 1.165) is 23.6 Å². The normalized spacial score (nSPS) is 10.4. The van der Waals surface area contributed by atoms with Crippen LogP contribution in [-0.2, 0) is 6.54 Å². The lowest BCUT2D eigenvalue weighted by molar-refractivity contribution is 0.516. The predicted octanol–water partition coefficient (Wildman–Crippen LogP) is 3.51. The lowest BCUT2D eigenvalue weighted by atomic mass is 10.3. The maximum absolute atomic E-state index is 4.56. The highest BCUT2D eigenvalue weighted by Gasteiger charge is 2.12. The average molecular weight is 281 g/mol. The summed E-state index contributed by atoms with van der Waals surface area (Å²) in [5.41, 5.74) is 4.37. The number of rotatable bonds is 4. The summed E-state index contributed by atoms with van der Waals surface area (Å²) < 4.78 is 2.05. The zero-order chi connectivity index (χ0) is 13.1. The third kappa shape index (κ3) is 3.47. The first-order chi connectivity index (χ1) is 8.59. The molecule has 2 heterocycles. The molecule has 2 aromatic heterocycles. The van der Waals surface area contributed by atoms with Crippen LogP contribution in [0.3, 0.4) is 0 Å². The Morgan fingerprint density at radius 2 is 2.00 bits per heavy atom. The van der Waals surface area contributed by atoms with Crippen LogP contribution in [-0.4, -0.2) is 14.8 Å². The second-order valence-electron chi connectivity index (χ2n) is 4.76. The zero-order valence-electron chi connectivity index (χ0n) is 11.8. The molecule has 19 heavy (non-hydrogen) atoms. The summed E-state index contributed by atoms with van der Waals surface area (Å²) in [6.45, 7) is 9.14. The van der Waals surface area contributed by atoms with Gasteiger partial charge in [0.05, 0.1) is 29.3 Å². The lowest BCUT2D eigenvalue weighted by Gasteiger charge is -2.09. The minimum Gasteiger partial charge on any atom is -0.376 e. The molecule has 2 aromatic rings. The Balaban J connectivity index is 0.00000180. The molecule has 0 radical (unpaired) electrons. The topological polar surface area (TPSA) is 42.7 Å². The van der Waals surface area contributed by atoms with Gasteiger partial charge in [-0.05, 0) is 39.8 Å². The fourth-order valence-corrected chi connectivity index (χ4v) is 2.10. The summed E-state index contributed by atoms with van der Waals surface area (Å²) in [4.78, 5) is 4.31. The van der Waals surface area contributed by atoms with Gasteiger partial charge in [-0.15, -0.1) is 12.4 Å². The first kappa shape index (κ1) is 15.5. The van der Waals surface area contributed by atoms with E-state index >= 15 is 0 Å². The summed E-state index contributed by atoms with van der Waals surface area (Å²) in [6, 6.07) is 6.33. The number of anilines is 1. The molecule has 0 aliphatic carbocycles. The molecule has 0 saturated carbocycles. The summed E-state index contributed by atoms with van der Waals surface area (Å²) in [7, 11) is 0. The number of nitrogens with zero attached hydrogens (tertiary/aromatic N) is 3. The monoisotopic (exact) mass is 280 g/mol. The Bertz CT molecular complexity index is 520. The number of hydrogen-bond donors (Lipinski definition) is 1. The Kier molecular flexibility index (Phi) is 5.36. The van der Waals surface area contributed by atoms with Crippen molar-refractivity contribution in [2.24, 2.45) is 0 Å². The van der Waals surface area contributed by atoms with E-state index in [-0.39, 0.29) is 12.4 Å². The van der Waals surface area contributed by atoms with Crippen molar-refractivity contribution in [2.75, 3.05) is 5.32 Å². The van der Waals surface area contributed by atoms with E-state index < -0.39 is 0 Å². The van der Waals surface area contributed by atoms with Crippen molar-refractivity contribution in [3.63, 3.8) is 0 Å². The highest BCUT2D eigenvalue weighted by molar-refractivity contribution is 5.85. The zero-order valence-corrected chi connectivity index (χ0v) is 12.7. The van der Waals surface area contributed by atoms with Crippen LogP contribution in [0.25, 0.3) is 0 Å². The first-order valence-electron chi connectivity index (χ1n) is 6.29. The third-order valence-corrected chi connectivity index (χ3v) is 2.99. The fourth-order valence-electron chi connectivity index (χ4n) is 2.10. The molecule has 0 fully saturated rings. The van der Waals surface area contributed by atoms with Gasteiger partial charge in [0.2, 0.25) is 0 Å². The van der Waals surface area contributed by atoms with Gasteiger partial charge in [-0.2, -0.15) is 5.10 Å². The van der Waals surface area contributed by atoms with Crippen LogP contribution in [0.15, 0.2) is 24.4 Å². The predicted molar refractivity (Wildman–Crippen MR) is 80.9 cm³/mol. The fraction of sp³-hybridized carbons (Fsp3) is 0.429. The van der Waals surface area contributed by atoms with Gasteiger partial charge >= 0.3 is 0 Å². The molecule has 2 rings (SSSR count). The molecular weight excluding hydrogens is 260 g/mol. The number of hydrogen-bond acceptors (Lipinski definition) is 3. The molecule has 0 spiro atoms. The molecule has 1 N–H and O–H groups in total. The van der Waals surface area contributed by atoms with Crippen molar-refractivity contribution in [3.05, 3.63) is 41.5 Å². The molecule has 0 aliphatic heterocycles. The standard InChI is InChI=1S/C14H20N4.ClH/c1-10(2)18-12(4)14(11(3)17-18)16-9-13-7-5-6-8-15-13;/h5-8,10,16H,9H2,1-4H3;1H. The van der Waals surface area contributed by atoms with Crippen LogP contribution in [0.2, 0.25) is 0 Å². The van der Waals surface area contributed by atoms with E-state index in [9.17, 15) is 0 Å². The molecule has 104 valence electrons. The highest BCUT2D eigenvalue weighted by atomic mass is 35.5.